The standard InChI is InChI=1S/C16H18N6OS2/c1-11(2)22-14(7-8-17-22)19-15(23)10-25-16-18-13(20-21-16)6-5-12-4-3-9-24-12/h3-9,11H,10H2,1-2H3,(H,19,23)(H,18,20,21)/b6-5+. The van der Waals surface area contributed by atoms with Gasteiger partial charge in [-0.3, -0.25) is 9.89 Å². The van der Waals surface area contributed by atoms with Gasteiger partial charge in [-0.05, 0) is 37.4 Å². The molecule has 3 aromatic rings. The minimum absolute atomic E-state index is 0.118. The van der Waals surface area contributed by atoms with Crippen LogP contribution in [0, 0.1) is 0 Å². The Kier molecular flexibility index (Phi) is 5.67. The summed E-state index contributed by atoms with van der Waals surface area (Å²) >= 11 is 2.94. The van der Waals surface area contributed by atoms with E-state index in [2.05, 4.69) is 25.6 Å². The van der Waals surface area contributed by atoms with Gasteiger partial charge in [-0.2, -0.15) is 5.10 Å². The number of H-pyrrole nitrogens is 1. The minimum atomic E-state index is -0.118. The van der Waals surface area contributed by atoms with Gasteiger partial charge in [0.15, 0.2) is 0 Å². The van der Waals surface area contributed by atoms with Gasteiger partial charge in [0.2, 0.25) is 11.1 Å². The lowest BCUT2D eigenvalue weighted by Crippen LogP contribution is -2.18. The Labute approximate surface area is 153 Å². The van der Waals surface area contributed by atoms with Crippen LogP contribution in [0.25, 0.3) is 12.2 Å². The van der Waals surface area contributed by atoms with Crippen molar-refractivity contribution < 1.29 is 4.79 Å². The van der Waals surface area contributed by atoms with Crippen molar-refractivity contribution in [1.82, 2.24) is 25.0 Å². The van der Waals surface area contributed by atoms with Gasteiger partial charge in [0, 0.05) is 17.0 Å². The first-order valence-corrected chi connectivity index (χ1v) is 9.58. The molecule has 0 saturated heterocycles. The van der Waals surface area contributed by atoms with E-state index < -0.39 is 0 Å². The Hall–Kier alpha value is -2.39. The third-order valence-electron chi connectivity index (χ3n) is 3.19. The number of hydrogen-bond acceptors (Lipinski definition) is 6. The average Bonchev–Trinajstić information content (AvgIpc) is 3.32. The van der Waals surface area contributed by atoms with Crippen molar-refractivity contribution in [2.24, 2.45) is 0 Å². The maximum absolute atomic E-state index is 12.1. The van der Waals surface area contributed by atoms with Gasteiger partial charge in [-0.15, -0.1) is 16.4 Å². The van der Waals surface area contributed by atoms with Crippen LogP contribution in [0.5, 0.6) is 0 Å². The number of carbonyl (C=O) groups is 1. The van der Waals surface area contributed by atoms with E-state index in [1.165, 1.54) is 11.8 Å². The SMILES string of the molecule is CC(C)n1nccc1NC(=O)CSc1n[nH]c(/C=C/c2cccs2)n1. The normalized spacial score (nSPS) is 11.5. The average molecular weight is 374 g/mol. The van der Waals surface area contributed by atoms with Gasteiger partial charge >= 0.3 is 0 Å². The number of amides is 1. The van der Waals surface area contributed by atoms with E-state index in [-0.39, 0.29) is 17.7 Å². The van der Waals surface area contributed by atoms with Crippen molar-refractivity contribution in [2.45, 2.75) is 25.0 Å². The largest absolute Gasteiger partial charge is 0.310 e. The van der Waals surface area contributed by atoms with E-state index in [0.29, 0.717) is 16.8 Å². The number of nitrogens with zero attached hydrogens (tertiary/aromatic N) is 4. The molecule has 3 aromatic heterocycles. The summed E-state index contributed by atoms with van der Waals surface area (Å²) < 4.78 is 1.77. The van der Waals surface area contributed by atoms with Crippen LogP contribution in [0.1, 0.15) is 30.6 Å². The number of rotatable bonds is 7. The summed E-state index contributed by atoms with van der Waals surface area (Å²) in [5, 5.41) is 16.6. The van der Waals surface area contributed by atoms with Crippen molar-refractivity contribution in [2.75, 3.05) is 11.1 Å². The van der Waals surface area contributed by atoms with Crippen molar-refractivity contribution in [3.05, 3.63) is 40.5 Å². The Morgan fingerprint density at radius 1 is 1.44 bits per heavy atom. The van der Waals surface area contributed by atoms with Crippen LogP contribution in [0.4, 0.5) is 5.82 Å². The van der Waals surface area contributed by atoms with Crippen LogP contribution in [-0.4, -0.2) is 36.6 Å². The molecule has 130 valence electrons. The molecule has 0 aliphatic rings. The molecule has 2 N–H and O–H groups in total. The Bertz CT molecular complexity index is 850. The van der Waals surface area contributed by atoms with Gasteiger partial charge < -0.3 is 5.32 Å². The summed E-state index contributed by atoms with van der Waals surface area (Å²) in [4.78, 5) is 17.6. The van der Waals surface area contributed by atoms with E-state index >= 15 is 0 Å². The molecule has 0 fully saturated rings. The van der Waals surface area contributed by atoms with E-state index in [1.807, 2.05) is 43.5 Å². The highest BCUT2D eigenvalue weighted by Gasteiger charge is 2.11. The molecule has 0 aliphatic heterocycles. The highest BCUT2D eigenvalue weighted by Crippen LogP contribution is 2.17. The molecule has 7 nitrogen and oxygen atoms in total. The molecule has 0 unspecified atom stereocenters. The number of carbonyl (C=O) groups excluding carboxylic acids is 1. The third kappa shape index (κ3) is 4.80. The summed E-state index contributed by atoms with van der Waals surface area (Å²) in [5.41, 5.74) is 0. The van der Waals surface area contributed by atoms with Crippen molar-refractivity contribution in [1.29, 1.82) is 0 Å². The lowest BCUT2D eigenvalue weighted by molar-refractivity contribution is -0.113. The molecule has 9 heteroatoms. The molecule has 0 radical (unpaired) electrons. The van der Waals surface area contributed by atoms with E-state index in [4.69, 9.17) is 0 Å². The van der Waals surface area contributed by atoms with Crippen LogP contribution in [0.15, 0.2) is 34.9 Å². The van der Waals surface area contributed by atoms with Gasteiger partial charge in [-0.25, -0.2) is 9.67 Å². The minimum Gasteiger partial charge on any atom is -0.310 e. The fourth-order valence-corrected chi connectivity index (χ4v) is 3.30. The van der Waals surface area contributed by atoms with Gasteiger partial charge in [0.25, 0.3) is 0 Å². The summed E-state index contributed by atoms with van der Waals surface area (Å²) in [6.45, 7) is 4.02. The highest BCUT2D eigenvalue weighted by atomic mass is 32.2. The smallest absolute Gasteiger partial charge is 0.235 e. The monoisotopic (exact) mass is 374 g/mol. The van der Waals surface area contributed by atoms with Gasteiger partial charge in [-0.1, -0.05) is 17.8 Å². The molecular formula is C16H18N6OS2. The lowest BCUT2D eigenvalue weighted by Gasteiger charge is -2.11. The number of thiophene rings is 1. The first-order valence-electron chi connectivity index (χ1n) is 7.72. The molecule has 0 atom stereocenters. The Balaban J connectivity index is 1.51. The number of aromatic amines is 1. The molecule has 3 rings (SSSR count). The highest BCUT2D eigenvalue weighted by molar-refractivity contribution is 7.99. The molecule has 0 aliphatic carbocycles. The van der Waals surface area contributed by atoms with Gasteiger partial charge in [0.05, 0.1) is 11.9 Å². The first-order chi connectivity index (χ1) is 12.1. The molecule has 0 saturated carbocycles. The summed E-state index contributed by atoms with van der Waals surface area (Å²) in [7, 11) is 0. The van der Waals surface area contributed by atoms with E-state index in [0.717, 1.165) is 4.88 Å². The van der Waals surface area contributed by atoms with Crippen LogP contribution >= 0.6 is 23.1 Å². The number of aromatic nitrogens is 5. The first kappa shape index (κ1) is 17.4. The van der Waals surface area contributed by atoms with Crippen molar-refractivity contribution in [3.8, 4) is 0 Å². The number of hydrogen-bond donors (Lipinski definition) is 2. The molecular weight excluding hydrogens is 356 g/mol. The topological polar surface area (TPSA) is 88.5 Å². The second kappa shape index (κ2) is 8.13. The predicted octanol–water partition coefficient (Wildman–Crippen LogP) is 3.54. The van der Waals surface area contributed by atoms with Crippen LogP contribution in [0.2, 0.25) is 0 Å². The zero-order chi connectivity index (χ0) is 17.6. The molecule has 25 heavy (non-hydrogen) atoms. The quantitative estimate of drug-likeness (QED) is 0.618. The number of nitrogens with one attached hydrogen (secondary N) is 2. The third-order valence-corrected chi connectivity index (χ3v) is 4.87. The van der Waals surface area contributed by atoms with Crippen LogP contribution in [0.3, 0.4) is 0 Å². The summed E-state index contributed by atoms with van der Waals surface area (Å²) in [6, 6.07) is 5.99. The molecule has 1 amide bonds. The Morgan fingerprint density at radius 2 is 2.32 bits per heavy atom. The predicted molar refractivity (Wildman–Crippen MR) is 102 cm³/mol. The second-order valence-corrected chi connectivity index (χ2v) is 7.37. The van der Waals surface area contributed by atoms with Crippen molar-refractivity contribution >= 4 is 47.0 Å². The fourth-order valence-electron chi connectivity index (χ4n) is 2.08. The molecule has 0 bridgehead atoms. The molecule has 0 spiro atoms. The van der Waals surface area contributed by atoms with Gasteiger partial charge in [0.1, 0.15) is 11.6 Å². The zero-order valence-corrected chi connectivity index (χ0v) is 15.5. The Morgan fingerprint density at radius 3 is 3.08 bits per heavy atom. The maximum Gasteiger partial charge on any atom is 0.235 e. The molecule has 0 aromatic carbocycles. The van der Waals surface area contributed by atoms with E-state index in [9.17, 15) is 4.79 Å². The number of anilines is 1. The lowest BCUT2D eigenvalue weighted by atomic mass is 10.4. The fraction of sp³-hybridized carbons (Fsp3) is 0.250. The second-order valence-electron chi connectivity index (χ2n) is 5.44. The van der Waals surface area contributed by atoms with E-state index in [1.54, 1.807) is 28.3 Å². The summed E-state index contributed by atoms with van der Waals surface area (Å²) in [5.74, 6) is 1.46. The zero-order valence-electron chi connectivity index (χ0n) is 13.8. The van der Waals surface area contributed by atoms with Crippen LogP contribution in [-0.2, 0) is 4.79 Å². The molecule has 3 heterocycles. The summed E-state index contributed by atoms with van der Waals surface area (Å²) in [6.07, 6.45) is 5.51. The van der Waals surface area contributed by atoms with Crippen LogP contribution < -0.4 is 5.32 Å². The number of thioether (sulfide) groups is 1. The maximum atomic E-state index is 12.1. The van der Waals surface area contributed by atoms with Crippen molar-refractivity contribution in [3.63, 3.8) is 0 Å².